The molecule has 0 spiro atoms. The van der Waals surface area contributed by atoms with E-state index in [1.165, 1.54) is 0 Å². The maximum Gasteiger partial charge on any atom is 0.191 e. The molecule has 9 heteroatoms. The second kappa shape index (κ2) is 9.42. The number of methoxy groups -OCH3 is 2. The monoisotopic (exact) mass is 430 g/mol. The molecule has 2 aliphatic heterocycles. The minimum atomic E-state index is 0.498. The number of nitrogens with zero attached hydrogens (tertiary/aromatic N) is 5. The van der Waals surface area contributed by atoms with Gasteiger partial charge in [-0.05, 0) is 12.3 Å². The van der Waals surface area contributed by atoms with Crippen molar-refractivity contribution in [1.82, 2.24) is 9.88 Å². The highest BCUT2D eigenvalue weighted by Crippen LogP contribution is 2.31. The number of rotatable bonds is 6. The first-order valence-electron chi connectivity index (χ1n) is 10.3. The van der Waals surface area contributed by atoms with Crippen LogP contribution in [0.1, 0.15) is 6.42 Å². The van der Waals surface area contributed by atoms with Gasteiger partial charge in [0.15, 0.2) is 11.1 Å². The van der Waals surface area contributed by atoms with Crippen molar-refractivity contribution in [3.8, 4) is 11.5 Å². The fourth-order valence-electron chi connectivity index (χ4n) is 4.01. The Morgan fingerprint density at radius 2 is 1.83 bits per heavy atom. The van der Waals surface area contributed by atoms with E-state index in [-0.39, 0.29) is 0 Å². The number of hydrogen-bond donors (Lipinski definition) is 1. The van der Waals surface area contributed by atoms with Crippen molar-refractivity contribution in [2.45, 2.75) is 6.42 Å². The van der Waals surface area contributed by atoms with Crippen LogP contribution in [0.3, 0.4) is 0 Å². The number of anilines is 2. The normalized spacial score (nSPS) is 20.0. The van der Waals surface area contributed by atoms with Crippen LogP contribution in [0.25, 0.3) is 0 Å². The van der Waals surface area contributed by atoms with Gasteiger partial charge < -0.3 is 29.9 Å². The lowest BCUT2D eigenvalue weighted by Gasteiger charge is -2.35. The van der Waals surface area contributed by atoms with Gasteiger partial charge >= 0.3 is 0 Å². The summed E-state index contributed by atoms with van der Waals surface area (Å²) in [5.41, 5.74) is 7.44. The fraction of sp³-hybridized carbons (Fsp3) is 0.524. The lowest BCUT2D eigenvalue weighted by Crippen LogP contribution is -2.51. The Kier molecular flexibility index (Phi) is 6.47. The van der Waals surface area contributed by atoms with Gasteiger partial charge in [0.2, 0.25) is 0 Å². The molecular weight excluding hydrogens is 400 g/mol. The van der Waals surface area contributed by atoms with Gasteiger partial charge in [-0.3, -0.25) is 4.99 Å². The number of benzene rings is 1. The van der Waals surface area contributed by atoms with Crippen LogP contribution in [-0.4, -0.2) is 75.9 Å². The molecule has 1 aromatic carbocycles. The number of aliphatic imine (C=N–C) groups is 1. The van der Waals surface area contributed by atoms with Crippen LogP contribution in [0.5, 0.6) is 11.5 Å². The van der Waals surface area contributed by atoms with E-state index in [0.717, 1.165) is 74.6 Å². The number of thiazole rings is 1. The summed E-state index contributed by atoms with van der Waals surface area (Å²) < 4.78 is 10.8. The minimum absolute atomic E-state index is 0.498. The van der Waals surface area contributed by atoms with Gasteiger partial charge in [-0.2, -0.15) is 0 Å². The van der Waals surface area contributed by atoms with Gasteiger partial charge in [0.05, 0.1) is 14.2 Å². The van der Waals surface area contributed by atoms with E-state index in [9.17, 15) is 0 Å². The highest BCUT2D eigenvalue weighted by molar-refractivity contribution is 7.13. The molecule has 0 radical (unpaired) electrons. The molecule has 30 heavy (non-hydrogen) atoms. The molecule has 4 rings (SSSR count). The number of aromatic nitrogens is 1. The van der Waals surface area contributed by atoms with Crippen molar-refractivity contribution in [2.75, 3.05) is 69.8 Å². The average Bonchev–Trinajstić information content (AvgIpc) is 3.49. The van der Waals surface area contributed by atoms with Crippen molar-refractivity contribution in [1.29, 1.82) is 0 Å². The SMILES string of the molecule is COc1cc(OC)cc(N2CCC(CN=C(N)N3CCN(c4nccs4)CC3)C2)c1. The van der Waals surface area contributed by atoms with Gasteiger partial charge in [0.1, 0.15) is 11.5 Å². The second-order valence-electron chi connectivity index (χ2n) is 7.66. The van der Waals surface area contributed by atoms with Crippen LogP contribution >= 0.6 is 11.3 Å². The van der Waals surface area contributed by atoms with Crippen LogP contribution in [0.2, 0.25) is 0 Å². The predicted molar refractivity (Wildman–Crippen MR) is 122 cm³/mol. The number of piperazine rings is 1. The van der Waals surface area contributed by atoms with E-state index < -0.39 is 0 Å². The van der Waals surface area contributed by atoms with Crippen molar-refractivity contribution in [2.24, 2.45) is 16.6 Å². The van der Waals surface area contributed by atoms with Gasteiger partial charge in [-0.1, -0.05) is 0 Å². The molecule has 0 bridgehead atoms. The molecule has 3 heterocycles. The molecule has 2 aromatic rings. The number of hydrogen-bond acceptors (Lipinski definition) is 7. The predicted octanol–water partition coefficient (Wildman–Crippen LogP) is 2.12. The summed E-state index contributed by atoms with van der Waals surface area (Å²) in [5, 5.41) is 3.11. The Morgan fingerprint density at radius 3 is 2.47 bits per heavy atom. The van der Waals surface area contributed by atoms with E-state index in [4.69, 9.17) is 20.2 Å². The molecule has 1 aromatic heterocycles. The first kappa shape index (κ1) is 20.6. The molecule has 2 saturated heterocycles. The zero-order valence-electron chi connectivity index (χ0n) is 17.7. The Balaban J connectivity index is 1.29. The van der Waals surface area contributed by atoms with Gasteiger partial charge in [-0.15, -0.1) is 11.3 Å². The summed E-state index contributed by atoms with van der Waals surface area (Å²) in [6.07, 6.45) is 2.96. The molecule has 2 N–H and O–H groups in total. The highest BCUT2D eigenvalue weighted by atomic mass is 32.1. The van der Waals surface area contributed by atoms with E-state index >= 15 is 0 Å². The van der Waals surface area contributed by atoms with Crippen molar-refractivity contribution in [3.63, 3.8) is 0 Å². The summed E-state index contributed by atoms with van der Waals surface area (Å²) in [6.45, 7) is 6.35. The molecular formula is C21H30N6O2S. The molecule has 1 unspecified atom stereocenters. The lowest BCUT2D eigenvalue weighted by atomic mass is 10.1. The van der Waals surface area contributed by atoms with Crippen LogP contribution in [0.4, 0.5) is 10.8 Å². The van der Waals surface area contributed by atoms with E-state index in [2.05, 4.69) is 31.8 Å². The summed E-state index contributed by atoms with van der Waals surface area (Å²) in [4.78, 5) is 16.0. The Labute approximate surface area is 181 Å². The number of ether oxygens (including phenoxy) is 2. The van der Waals surface area contributed by atoms with Gasteiger partial charge in [0, 0.05) is 81.3 Å². The number of nitrogens with two attached hydrogens (primary N) is 1. The van der Waals surface area contributed by atoms with Crippen LogP contribution in [0.15, 0.2) is 34.8 Å². The van der Waals surface area contributed by atoms with E-state index in [0.29, 0.717) is 11.9 Å². The largest absolute Gasteiger partial charge is 0.497 e. The molecule has 2 fully saturated rings. The first-order chi connectivity index (χ1) is 14.7. The summed E-state index contributed by atoms with van der Waals surface area (Å²) in [6, 6.07) is 6.02. The maximum absolute atomic E-state index is 6.31. The van der Waals surface area contributed by atoms with Crippen LogP contribution < -0.4 is 25.0 Å². The van der Waals surface area contributed by atoms with Gasteiger partial charge in [-0.25, -0.2) is 4.98 Å². The van der Waals surface area contributed by atoms with E-state index in [1.54, 1.807) is 25.6 Å². The number of guanidine groups is 1. The first-order valence-corrected chi connectivity index (χ1v) is 11.2. The summed E-state index contributed by atoms with van der Waals surface area (Å²) >= 11 is 1.68. The molecule has 2 aliphatic rings. The Bertz CT molecular complexity index is 829. The van der Waals surface area contributed by atoms with E-state index in [1.807, 2.05) is 17.6 Å². The van der Waals surface area contributed by atoms with Crippen LogP contribution in [-0.2, 0) is 0 Å². The standard InChI is InChI=1S/C21H30N6O2S/c1-28-18-11-17(12-19(13-18)29-2)27-5-3-16(15-27)14-24-20(22)25-6-8-26(9-7-25)21-23-4-10-30-21/h4,10-13,16H,3,5-9,14-15H2,1-2H3,(H2,22,24). The fourth-order valence-corrected chi connectivity index (χ4v) is 4.71. The topological polar surface area (TPSA) is 79.5 Å². The zero-order chi connectivity index (χ0) is 20.9. The van der Waals surface area contributed by atoms with Gasteiger partial charge in [0.25, 0.3) is 0 Å². The Hall–Kier alpha value is -2.68. The zero-order valence-corrected chi connectivity index (χ0v) is 18.5. The molecule has 1 atom stereocenters. The Morgan fingerprint density at radius 1 is 1.10 bits per heavy atom. The third kappa shape index (κ3) is 4.72. The van der Waals surface area contributed by atoms with Crippen molar-refractivity contribution in [3.05, 3.63) is 29.8 Å². The molecule has 162 valence electrons. The lowest BCUT2D eigenvalue weighted by molar-refractivity contribution is 0.379. The quantitative estimate of drug-likeness (QED) is 0.555. The third-order valence-electron chi connectivity index (χ3n) is 5.79. The minimum Gasteiger partial charge on any atom is -0.497 e. The summed E-state index contributed by atoms with van der Waals surface area (Å²) in [5.74, 6) is 2.78. The average molecular weight is 431 g/mol. The van der Waals surface area contributed by atoms with Crippen molar-refractivity contribution < 1.29 is 9.47 Å². The third-order valence-corrected chi connectivity index (χ3v) is 6.62. The molecule has 0 aliphatic carbocycles. The van der Waals surface area contributed by atoms with Crippen LogP contribution in [0, 0.1) is 5.92 Å². The smallest absolute Gasteiger partial charge is 0.191 e. The highest BCUT2D eigenvalue weighted by Gasteiger charge is 2.24. The molecule has 0 amide bonds. The second-order valence-corrected chi connectivity index (χ2v) is 8.53. The summed E-state index contributed by atoms with van der Waals surface area (Å²) in [7, 11) is 3.36. The molecule has 8 nitrogen and oxygen atoms in total. The maximum atomic E-state index is 6.31. The molecule has 0 saturated carbocycles. The van der Waals surface area contributed by atoms with Crippen molar-refractivity contribution >= 4 is 28.1 Å².